The number of benzene rings is 11. The Hall–Kier alpha value is -15.3. The predicted molar refractivity (Wildman–Crippen MR) is 549 cm³/mol. The van der Waals surface area contributed by atoms with E-state index in [0.717, 1.165) is 174 Å². The van der Waals surface area contributed by atoms with Crippen molar-refractivity contribution in [2.75, 3.05) is 93.5 Å². The molecule has 4 aliphatic carbocycles. The number of hydrogen-bond acceptors (Lipinski definition) is 13. The molecule has 1 aromatic heterocycles. The van der Waals surface area contributed by atoms with E-state index in [1.165, 1.54) is 47.2 Å². The molecule has 0 saturated heterocycles. The summed E-state index contributed by atoms with van der Waals surface area (Å²) in [5, 5.41) is 47.5. The molecule has 0 unspecified atom stereocenters. The predicted octanol–water partition coefficient (Wildman–Crippen LogP) is 26.4. The van der Waals surface area contributed by atoms with Gasteiger partial charge in [0.05, 0.1) is 60.7 Å². The summed E-state index contributed by atoms with van der Waals surface area (Å²) in [6.45, 7) is 5.48. The van der Waals surface area contributed by atoms with E-state index >= 15 is 0 Å². The maximum atomic E-state index is 14.0. The van der Waals surface area contributed by atoms with E-state index in [2.05, 4.69) is 130 Å². The number of carboxylic acid groups (broad SMARTS) is 3. The van der Waals surface area contributed by atoms with Crippen LogP contribution in [0, 0.1) is 47.7 Å². The van der Waals surface area contributed by atoms with Crippen LogP contribution in [0.4, 0.5) is 69.1 Å². The van der Waals surface area contributed by atoms with Gasteiger partial charge in [-0.25, -0.2) is 28.6 Å². The standard InChI is InChI=1S/C30H32N2O4.C29H29FN2O4.C29H29N3O2.C28H29N3O4/c1-20-3-2-4-26(17-20)31-30(35)32-15-16-36-28-19-25(13-14-27(28)32)24-11-9-23(10-12-24)22-7-5-21(6-8-22)18-29(33)34;30-24-3-1-2-4-25(24)31-29(35)32-15-16-36-27-18-23(13-14-26(27)32)22-11-9-21(10-12-22)20-7-5-19(6-8-20)17-28(33)34;30-17-16-21-6-8-22(9-7-21)23-10-12-24(13-11-23)25-14-15-27-28(20-25)34-19-18-32(27)29(33)31-26-4-2-1-3-5-26;32-26(33)18-19-6-8-20(9-7-19)21-10-12-22(13-11-21)24-14-15-25-27(30-24)35-17-16-31(25)28(34)29-23-4-2-1-3-5-23/h2-4,9-14,17,19,21-22H,5-8,15-16,18H2,1H3,(H,31,35)(H,33,34);1-4,9-14,18-20H,5-8,15-17H2,(H,31,35)(H,33,34);1-5,10-15,20-22H,6-9,16,18-19H2,(H,31,33);1-5,10-15,19-20H,6-9,16-18H2,(H,29,34)(H,32,33). The van der Waals surface area contributed by atoms with Gasteiger partial charge in [-0.05, 0) is 315 Å². The van der Waals surface area contributed by atoms with Crippen LogP contribution < -0.4 is 59.8 Å². The first-order chi connectivity index (χ1) is 68.7. The van der Waals surface area contributed by atoms with Gasteiger partial charge in [-0.1, -0.05) is 176 Å². The highest BCUT2D eigenvalue weighted by atomic mass is 19.1. The number of aliphatic carboxylic acids is 3. The van der Waals surface area contributed by atoms with Gasteiger partial charge in [-0.2, -0.15) is 5.26 Å². The molecular weight excluding hydrogens is 1780 g/mol. The molecule has 8 aliphatic rings. The maximum Gasteiger partial charge on any atom is 0.326 e. The Balaban J connectivity index is 0.000000130. The number of nitrogens with one attached hydrogen (secondary N) is 4. The number of ether oxygens (including phenoxy) is 4. The maximum absolute atomic E-state index is 14.0. The minimum atomic E-state index is -0.703. The molecule has 724 valence electrons. The van der Waals surface area contributed by atoms with Gasteiger partial charge >= 0.3 is 42.0 Å². The first kappa shape index (κ1) is 97.3. The number of carbonyl (C=O) groups excluding carboxylic acids is 4. The molecule has 5 heterocycles. The molecule has 0 bridgehead atoms. The summed E-state index contributed by atoms with van der Waals surface area (Å²) in [5.74, 6) is 3.46. The summed E-state index contributed by atoms with van der Waals surface area (Å²) in [6.07, 6.45) is 18.2. The number of pyridine rings is 1. The second-order valence-electron chi connectivity index (χ2n) is 37.9. The zero-order chi connectivity index (χ0) is 97.7. The number of para-hydroxylation sites is 3. The summed E-state index contributed by atoms with van der Waals surface area (Å²) < 4.78 is 37.5. The number of amides is 8. The number of carboxylic acids is 3. The van der Waals surface area contributed by atoms with Gasteiger partial charge in [0.1, 0.15) is 55.2 Å². The van der Waals surface area contributed by atoms with Gasteiger partial charge in [-0.3, -0.25) is 34.0 Å². The number of anilines is 8. The smallest absolute Gasteiger partial charge is 0.326 e. The van der Waals surface area contributed by atoms with Crippen LogP contribution in [0.1, 0.15) is 180 Å². The van der Waals surface area contributed by atoms with E-state index in [1.54, 1.807) is 31.7 Å². The van der Waals surface area contributed by atoms with Crippen molar-refractivity contribution in [3.63, 3.8) is 0 Å². The lowest BCUT2D eigenvalue weighted by Gasteiger charge is -2.30. The molecule has 24 nitrogen and oxygen atoms in total. The summed E-state index contributed by atoms with van der Waals surface area (Å²) in [4.78, 5) is 95.9. The van der Waals surface area contributed by atoms with Crippen LogP contribution in [-0.2, 0) is 14.4 Å². The largest absolute Gasteiger partial charge is 0.490 e. The molecule has 12 aromatic rings. The van der Waals surface area contributed by atoms with E-state index < -0.39 is 29.8 Å². The third-order valence-corrected chi connectivity index (χ3v) is 28.6. The van der Waals surface area contributed by atoms with Crippen molar-refractivity contribution >= 4 is 87.5 Å². The van der Waals surface area contributed by atoms with Gasteiger partial charge in [0.25, 0.3) is 0 Å². The van der Waals surface area contributed by atoms with Gasteiger partial charge in [0, 0.05) is 48.3 Å². The van der Waals surface area contributed by atoms with E-state index in [0.29, 0.717) is 135 Å². The van der Waals surface area contributed by atoms with Crippen molar-refractivity contribution < 1.29 is 72.2 Å². The van der Waals surface area contributed by atoms with Gasteiger partial charge in [-0.15, -0.1) is 0 Å². The second-order valence-corrected chi connectivity index (χ2v) is 37.9. The zero-order valence-electron chi connectivity index (χ0n) is 79.3. The van der Waals surface area contributed by atoms with Gasteiger partial charge in [0.15, 0.2) is 0 Å². The minimum absolute atomic E-state index is 0.141. The van der Waals surface area contributed by atoms with E-state index in [-0.39, 0.29) is 43.0 Å². The Morgan fingerprint density at radius 3 is 1.03 bits per heavy atom. The van der Waals surface area contributed by atoms with Crippen molar-refractivity contribution in [1.29, 1.82) is 5.26 Å². The number of carbonyl (C=O) groups is 7. The van der Waals surface area contributed by atoms with E-state index in [4.69, 9.17) is 44.5 Å². The van der Waals surface area contributed by atoms with Crippen LogP contribution in [0.3, 0.4) is 0 Å². The second kappa shape index (κ2) is 46.4. The zero-order valence-corrected chi connectivity index (χ0v) is 79.3. The number of aryl methyl sites for hydroxylation is 1. The number of nitriles is 1. The Bertz CT molecular complexity index is 6410. The van der Waals surface area contributed by atoms with Crippen molar-refractivity contribution in [1.82, 2.24) is 4.98 Å². The fraction of sp³-hybridized carbons (Fsp3) is 0.319. The number of fused-ring (bicyclic) bond motifs is 4. The van der Waals surface area contributed by atoms with Crippen molar-refractivity contribution in [2.45, 2.75) is 159 Å². The molecule has 0 spiro atoms. The highest BCUT2D eigenvalue weighted by Crippen LogP contribution is 2.47. The van der Waals surface area contributed by atoms with Crippen LogP contribution in [0.5, 0.6) is 23.1 Å². The normalized spacial score (nSPS) is 19.3. The lowest BCUT2D eigenvalue weighted by atomic mass is 9.77. The number of aromatic nitrogens is 1. The summed E-state index contributed by atoms with van der Waals surface area (Å²) in [6, 6.07) is 90.2. The summed E-state index contributed by atoms with van der Waals surface area (Å²) in [5.41, 5.74) is 19.9. The average molecular weight is 1900 g/mol. The quantitative estimate of drug-likeness (QED) is 0.0396. The number of urea groups is 4. The monoisotopic (exact) mass is 1890 g/mol. The molecule has 8 amide bonds. The Labute approximate surface area is 821 Å². The van der Waals surface area contributed by atoms with Crippen LogP contribution in [0.2, 0.25) is 0 Å². The molecule has 0 radical (unpaired) electrons. The highest BCUT2D eigenvalue weighted by Gasteiger charge is 2.34. The number of nitrogens with zero attached hydrogens (tertiary/aromatic N) is 6. The SMILES string of the molecule is Cc1cccc(NC(=O)N2CCOc3cc(-c4ccc(C5CCC(CC(=O)O)CC5)cc4)ccc32)c1.N#CCC1CCC(c2ccc(-c3ccc4c(c3)OCCN4C(=O)Nc3ccccc3)cc2)CC1.O=C(O)CC1CCC(c2ccc(-c3ccc4c(c3)OCCN4C(=O)Nc3ccccc3F)cc2)CC1.O=C(O)CC1CCC(c2ccc(-c3ccc4c(n3)OCCN4C(=O)Nc3ccccc3)cc2)CC1. The van der Waals surface area contributed by atoms with Crippen molar-refractivity contribution in [3.8, 4) is 73.8 Å². The van der Waals surface area contributed by atoms with Crippen molar-refractivity contribution in [2.24, 2.45) is 23.7 Å². The lowest BCUT2D eigenvalue weighted by Crippen LogP contribution is -2.41. The molecule has 0 atom stereocenters. The van der Waals surface area contributed by atoms with E-state index in [9.17, 15) is 38.0 Å². The van der Waals surface area contributed by atoms with E-state index in [1.807, 2.05) is 153 Å². The summed E-state index contributed by atoms with van der Waals surface area (Å²) in [7, 11) is 0. The van der Waals surface area contributed by atoms with Crippen LogP contribution >= 0.6 is 0 Å². The first-order valence-corrected chi connectivity index (χ1v) is 49.3. The fourth-order valence-corrected chi connectivity index (χ4v) is 20.8. The van der Waals surface area contributed by atoms with Gasteiger partial charge < -0.3 is 55.5 Å². The average Bonchev–Trinajstić information content (AvgIpc) is 0.799. The molecule has 20 rings (SSSR count). The fourth-order valence-electron chi connectivity index (χ4n) is 20.8. The number of hydrogen-bond donors (Lipinski definition) is 7. The molecule has 141 heavy (non-hydrogen) atoms. The first-order valence-electron chi connectivity index (χ1n) is 49.3. The highest BCUT2D eigenvalue weighted by molar-refractivity contribution is 6.06. The van der Waals surface area contributed by atoms with Crippen LogP contribution in [-0.4, -0.2) is 115 Å². The van der Waals surface area contributed by atoms with Gasteiger partial charge in [0.2, 0.25) is 5.88 Å². The minimum Gasteiger partial charge on any atom is -0.490 e. The molecule has 4 aliphatic heterocycles. The number of rotatable bonds is 19. The molecule has 11 aromatic carbocycles. The molecule has 25 heteroatoms. The van der Waals surface area contributed by atoms with Crippen LogP contribution in [0.25, 0.3) is 44.6 Å². The Morgan fingerprint density at radius 2 is 0.660 bits per heavy atom. The molecule has 4 fully saturated rings. The topological polar surface area (TPSA) is 315 Å². The Kier molecular flexibility index (Phi) is 32.0. The third kappa shape index (κ3) is 25.2. The third-order valence-electron chi connectivity index (χ3n) is 28.6. The molecule has 4 saturated carbocycles. The lowest BCUT2D eigenvalue weighted by molar-refractivity contribution is -0.139. The molecule has 7 N–H and O–H groups in total. The number of halogens is 1. The Morgan fingerprint density at radius 1 is 0.340 bits per heavy atom. The van der Waals surface area contributed by atoms with Crippen molar-refractivity contribution in [3.05, 3.63) is 307 Å². The van der Waals surface area contributed by atoms with Crippen LogP contribution in [0.15, 0.2) is 273 Å². The summed E-state index contributed by atoms with van der Waals surface area (Å²) >= 11 is 0. The molecular formula is C116H119FN10O14.